The lowest BCUT2D eigenvalue weighted by Gasteiger charge is -2.28. The molecule has 0 bridgehead atoms. The Hall–Kier alpha value is -3.38. The number of benzene rings is 2. The Morgan fingerprint density at radius 3 is 2.50 bits per heavy atom. The second-order valence-electron chi connectivity index (χ2n) is 7.22. The van der Waals surface area contributed by atoms with Crippen molar-refractivity contribution in [3.05, 3.63) is 83.1 Å². The minimum Gasteiger partial charge on any atom is -0.485 e. The zero-order valence-corrected chi connectivity index (χ0v) is 16.8. The van der Waals surface area contributed by atoms with Crippen LogP contribution in [0, 0.1) is 0 Å². The number of ether oxygens (including phenoxy) is 2. The van der Waals surface area contributed by atoms with Crippen LogP contribution in [-0.4, -0.2) is 49.1 Å². The maximum Gasteiger partial charge on any atom is 0.270 e. The fourth-order valence-electron chi connectivity index (χ4n) is 3.46. The number of hydrogen-bond donors (Lipinski definition) is 1. The average Bonchev–Trinajstić information content (AvgIpc) is 2.79. The number of nitrogens with one attached hydrogen (secondary N) is 1. The number of carbonyl (C=O) groups excluding carboxylic acids is 2. The van der Waals surface area contributed by atoms with Crippen LogP contribution >= 0.6 is 0 Å². The van der Waals surface area contributed by atoms with Gasteiger partial charge in [-0.05, 0) is 42.8 Å². The molecule has 154 valence electrons. The number of nitrogens with zero attached hydrogens (tertiary/aromatic N) is 1. The molecule has 1 N–H and O–H groups in total. The number of rotatable bonds is 4. The minimum absolute atomic E-state index is 0.227. The van der Waals surface area contributed by atoms with Crippen molar-refractivity contribution >= 4 is 17.9 Å². The van der Waals surface area contributed by atoms with Gasteiger partial charge in [0.2, 0.25) is 0 Å². The van der Waals surface area contributed by atoms with Crippen LogP contribution in [0.3, 0.4) is 0 Å². The van der Waals surface area contributed by atoms with E-state index in [1.807, 2.05) is 43.3 Å². The van der Waals surface area contributed by atoms with E-state index in [-0.39, 0.29) is 23.6 Å². The number of fused-ring (bicyclic) bond motifs is 1. The normalized spacial score (nSPS) is 18.7. The van der Waals surface area contributed by atoms with Gasteiger partial charge < -0.3 is 19.7 Å². The molecular weight excluding hydrogens is 380 g/mol. The van der Waals surface area contributed by atoms with E-state index in [0.717, 1.165) is 16.9 Å². The van der Waals surface area contributed by atoms with Gasteiger partial charge in [0, 0.05) is 24.2 Å². The molecule has 1 atom stereocenters. The van der Waals surface area contributed by atoms with E-state index in [9.17, 15) is 9.59 Å². The molecule has 6 heteroatoms. The van der Waals surface area contributed by atoms with Crippen molar-refractivity contribution < 1.29 is 19.1 Å². The molecule has 1 fully saturated rings. The standard InChI is InChI=1S/C24H24N2O4/c1-17-20(15-19-9-5-6-10-22(19)30-17)16-21(24(28)26-11-13-29-14-12-26)25-23(27)18-7-3-2-4-8-18/h2-10,15-17H,11-14H2,1H3,(H,25,27)/b21-16-/t17-/m0/s1. The van der Waals surface area contributed by atoms with Crippen molar-refractivity contribution in [2.24, 2.45) is 0 Å². The second-order valence-corrected chi connectivity index (χ2v) is 7.22. The van der Waals surface area contributed by atoms with Crippen molar-refractivity contribution in [3.63, 3.8) is 0 Å². The van der Waals surface area contributed by atoms with Crippen LogP contribution in [0.25, 0.3) is 6.08 Å². The van der Waals surface area contributed by atoms with Crippen molar-refractivity contribution in [2.45, 2.75) is 13.0 Å². The van der Waals surface area contributed by atoms with Gasteiger partial charge in [0.25, 0.3) is 11.8 Å². The van der Waals surface area contributed by atoms with Crippen molar-refractivity contribution in [2.75, 3.05) is 26.3 Å². The van der Waals surface area contributed by atoms with Crippen LogP contribution in [0.5, 0.6) is 5.75 Å². The summed E-state index contributed by atoms with van der Waals surface area (Å²) >= 11 is 0. The lowest BCUT2D eigenvalue weighted by Crippen LogP contribution is -2.44. The quantitative estimate of drug-likeness (QED) is 0.796. The van der Waals surface area contributed by atoms with E-state index < -0.39 is 0 Å². The Labute approximate surface area is 175 Å². The number of hydrogen-bond acceptors (Lipinski definition) is 4. The van der Waals surface area contributed by atoms with Gasteiger partial charge in [-0.2, -0.15) is 0 Å². The van der Waals surface area contributed by atoms with Crippen LogP contribution in [0.4, 0.5) is 0 Å². The van der Waals surface area contributed by atoms with Gasteiger partial charge in [0.1, 0.15) is 17.6 Å². The summed E-state index contributed by atoms with van der Waals surface area (Å²) in [5, 5.41) is 2.82. The van der Waals surface area contributed by atoms with Crippen molar-refractivity contribution in [3.8, 4) is 5.75 Å². The molecule has 2 heterocycles. The van der Waals surface area contributed by atoms with E-state index in [2.05, 4.69) is 5.32 Å². The third-order valence-electron chi connectivity index (χ3n) is 5.14. The van der Waals surface area contributed by atoms with E-state index in [1.165, 1.54) is 0 Å². The third kappa shape index (κ3) is 4.44. The predicted molar refractivity (Wildman–Crippen MR) is 114 cm³/mol. The first-order chi connectivity index (χ1) is 14.6. The zero-order valence-electron chi connectivity index (χ0n) is 16.8. The van der Waals surface area contributed by atoms with Crippen LogP contribution < -0.4 is 10.1 Å². The number of morpholine rings is 1. The summed E-state index contributed by atoms with van der Waals surface area (Å²) in [5.74, 6) is 0.250. The molecule has 30 heavy (non-hydrogen) atoms. The van der Waals surface area contributed by atoms with Crippen LogP contribution in [0.2, 0.25) is 0 Å². The molecule has 2 aromatic rings. The van der Waals surface area contributed by atoms with Gasteiger partial charge in [0.15, 0.2) is 0 Å². The molecule has 2 aliphatic rings. The maximum absolute atomic E-state index is 13.2. The molecule has 6 nitrogen and oxygen atoms in total. The highest BCUT2D eigenvalue weighted by Crippen LogP contribution is 2.30. The highest BCUT2D eigenvalue weighted by Gasteiger charge is 2.25. The number of amides is 2. The van der Waals surface area contributed by atoms with Gasteiger partial charge in [-0.15, -0.1) is 0 Å². The number of carbonyl (C=O) groups is 2. The van der Waals surface area contributed by atoms with E-state index >= 15 is 0 Å². The van der Waals surface area contributed by atoms with Gasteiger partial charge in [-0.25, -0.2) is 0 Å². The second kappa shape index (κ2) is 8.97. The van der Waals surface area contributed by atoms with Gasteiger partial charge in [-0.1, -0.05) is 36.4 Å². The first kappa shape index (κ1) is 19.9. The summed E-state index contributed by atoms with van der Waals surface area (Å²) in [6.45, 7) is 3.88. The maximum atomic E-state index is 13.2. The van der Waals surface area contributed by atoms with Crippen LogP contribution in [-0.2, 0) is 9.53 Å². The fraction of sp³-hybridized carbons (Fsp3) is 0.250. The van der Waals surface area contributed by atoms with Gasteiger partial charge in [0.05, 0.1) is 13.2 Å². The summed E-state index contributed by atoms with van der Waals surface area (Å²) in [5.41, 5.74) is 2.48. The molecule has 2 amide bonds. The molecule has 0 saturated carbocycles. The summed E-state index contributed by atoms with van der Waals surface area (Å²) in [7, 11) is 0. The monoisotopic (exact) mass is 404 g/mol. The molecule has 0 unspecified atom stereocenters. The van der Waals surface area contributed by atoms with Crippen molar-refractivity contribution in [1.29, 1.82) is 0 Å². The molecule has 1 saturated heterocycles. The Morgan fingerprint density at radius 2 is 1.73 bits per heavy atom. The van der Waals surface area contributed by atoms with Crippen LogP contribution in [0.1, 0.15) is 22.8 Å². The van der Waals surface area contributed by atoms with E-state index in [1.54, 1.807) is 35.2 Å². The molecule has 2 aliphatic heterocycles. The third-order valence-corrected chi connectivity index (χ3v) is 5.14. The topological polar surface area (TPSA) is 67.9 Å². The molecule has 4 rings (SSSR count). The van der Waals surface area contributed by atoms with Gasteiger partial charge >= 0.3 is 0 Å². The summed E-state index contributed by atoms with van der Waals surface area (Å²) in [4.78, 5) is 27.7. The Morgan fingerprint density at radius 1 is 1.03 bits per heavy atom. The Kier molecular flexibility index (Phi) is 5.95. The van der Waals surface area contributed by atoms with Crippen molar-refractivity contribution in [1.82, 2.24) is 10.2 Å². The molecule has 0 aliphatic carbocycles. The average molecular weight is 404 g/mol. The molecule has 0 radical (unpaired) electrons. The highest BCUT2D eigenvalue weighted by atomic mass is 16.5. The predicted octanol–water partition coefficient (Wildman–Crippen LogP) is 3.02. The highest BCUT2D eigenvalue weighted by molar-refractivity contribution is 6.03. The molecule has 0 spiro atoms. The summed E-state index contributed by atoms with van der Waals surface area (Å²) < 4.78 is 11.3. The SMILES string of the molecule is C[C@@H]1Oc2ccccc2C=C1/C=C(\NC(=O)c1ccccc1)C(=O)N1CCOCC1. The smallest absolute Gasteiger partial charge is 0.270 e. The van der Waals surface area contributed by atoms with Gasteiger partial charge in [-0.3, -0.25) is 9.59 Å². The number of para-hydroxylation sites is 1. The fourth-order valence-corrected chi connectivity index (χ4v) is 3.46. The first-order valence-electron chi connectivity index (χ1n) is 10.0. The summed E-state index contributed by atoms with van der Waals surface area (Å²) in [6, 6.07) is 16.6. The largest absolute Gasteiger partial charge is 0.485 e. The molecule has 2 aromatic carbocycles. The molecular formula is C24H24N2O4. The Balaban J connectivity index is 1.66. The van der Waals surface area contributed by atoms with E-state index in [0.29, 0.717) is 31.9 Å². The lowest BCUT2D eigenvalue weighted by atomic mass is 10.0. The van der Waals surface area contributed by atoms with E-state index in [4.69, 9.17) is 9.47 Å². The molecule has 0 aromatic heterocycles. The lowest BCUT2D eigenvalue weighted by molar-refractivity contribution is -0.131. The Bertz CT molecular complexity index is 991. The minimum atomic E-state index is -0.325. The summed E-state index contributed by atoms with van der Waals surface area (Å²) in [6.07, 6.45) is 3.46. The zero-order chi connectivity index (χ0) is 20.9. The van der Waals surface area contributed by atoms with Crippen LogP contribution in [0.15, 0.2) is 71.9 Å². The first-order valence-corrected chi connectivity index (χ1v) is 10.0.